The Kier molecular flexibility index (Phi) is 5.40. The number of anilines is 1. The van der Waals surface area contributed by atoms with E-state index >= 15 is 0 Å². The van der Waals surface area contributed by atoms with Crippen LogP contribution in [0.5, 0.6) is 0 Å². The van der Waals surface area contributed by atoms with E-state index in [2.05, 4.69) is 23.8 Å². The van der Waals surface area contributed by atoms with Gasteiger partial charge in [-0.15, -0.1) is 0 Å². The van der Waals surface area contributed by atoms with Crippen LogP contribution in [-0.4, -0.2) is 23.1 Å². The lowest BCUT2D eigenvalue weighted by molar-refractivity contribution is -0.143. The molecule has 1 fully saturated rings. The van der Waals surface area contributed by atoms with E-state index in [4.69, 9.17) is 11.6 Å². The van der Waals surface area contributed by atoms with Gasteiger partial charge in [0.05, 0.1) is 6.20 Å². The minimum Gasteiger partial charge on any atom is -0.355 e. The van der Waals surface area contributed by atoms with E-state index in [0.29, 0.717) is 23.0 Å². The average molecular weight is 402 g/mol. The van der Waals surface area contributed by atoms with Crippen LogP contribution in [0.25, 0.3) is 0 Å². The van der Waals surface area contributed by atoms with Crippen LogP contribution < -0.4 is 4.90 Å². The van der Waals surface area contributed by atoms with Crippen molar-refractivity contribution in [3.63, 3.8) is 0 Å². The molecule has 2 heterocycles. The van der Waals surface area contributed by atoms with Gasteiger partial charge in [-0.1, -0.05) is 43.3 Å². The molecule has 8 heteroatoms. The molecule has 0 bridgehead atoms. The molecule has 1 saturated heterocycles. The molecule has 0 aliphatic carbocycles. The van der Waals surface area contributed by atoms with Crippen molar-refractivity contribution in [1.29, 1.82) is 0 Å². The van der Waals surface area contributed by atoms with E-state index in [-0.39, 0.29) is 16.3 Å². The van der Waals surface area contributed by atoms with Crippen LogP contribution in [-0.2, 0) is 6.18 Å². The highest BCUT2D eigenvalue weighted by atomic mass is 35.5. The van der Waals surface area contributed by atoms with Crippen molar-refractivity contribution < 1.29 is 13.2 Å². The lowest BCUT2D eigenvalue weighted by atomic mass is 9.83. The fourth-order valence-electron chi connectivity index (χ4n) is 2.76. The van der Waals surface area contributed by atoms with Crippen LogP contribution in [0.1, 0.15) is 32.4 Å². The smallest absolute Gasteiger partial charge is 0.355 e. The van der Waals surface area contributed by atoms with Crippen LogP contribution in [0.2, 0.25) is 5.02 Å². The first-order chi connectivity index (χ1) is 12.1. The highest BCUT2D eigenvalue weighted by Gasteiger charge is 2.38. The number of alkyl halides is 3. The van der Waals surface area contributed by atoms with Crippen molar-refractivity contribution in [3.05, 3.63) is 41.2 Å². The summed E-state index contributed by atoms with van der Waals surface area (Å²) in [6.07, 6.45) is -1.32. The largest absolute Gasteiger partial charge is 0.436 e. The van der Waals surface area contributed by atoms with Crippen LogP contribution in [0.15, 0.2) is 40.4 Å². The highest BCUT2D eigenvalue weighted by molar-refractivity contribution is 7.99. The zero-order valence-electron chi connectivity index (χ0n) is 14.5. The van der Waals surface area contributed by atoms with Crippen molar-refractivity contribution in [1.82, 2.24) is 9.97 Å². The zero-order valence-corrected chi connectivity index (χ0v) is 16.0. The van der Waals surface area contributed by atoms with Gasteiger partial charge in [-0.2, -0.15) is 13.2 Å². The van der Waals surface area contributed by atoms with E-state index in [1.165, 1.54) is 6.20 Å². The summed E-state index contributed by atoms with van der Waals surface area (Å²) in [5.74, 6) is 0.281. The molecule has 3 nitrogen and oxygen atoms in total. The van der Waals surface area contributed by atoms with Gasteiger partial charge in [0, 0.05) is 23.0 Å². The molecule has 0 unspecified atom stereocenters. The minimum absolute atomic E-state index is 0.166. The van der Waals surface area contributed by atoms with Crippen LogP contribution in [0, 0.1) is 5.41 Å². The van der Waals surface area contributed by atoms with Crippen molar-refractivity contribution in [3.8, 4) is 0 Å². The molecule has 3 rings (SSSR count). The Hall–Kier alpha value is -1.47. The number of halogens is 4. The van der Waals surface area contributed by atoms with Crippen molar-refractivity contribution >= 4 is 29.2 Å². The maximum absolute atomic E-state index is 13.5. The first-order valence-corrected chi connectivity index (χ1v) is 9.46. The van der Waals surface area contributed by atoms with Crippen molar-refractivity contribution in [2.24, 2.45) is 5.41 Å². The molecule has 0 amide bonds. The molecule has 1 aliphatic heterocycles. The molecule has 1 aromatic carbocycles. The van der Waals surface area contributed by atoms with Gasteiger partial charge in [-0.25, -0.2) is 9.97 Å². The first-order valence-electron chi connectivity index (χ1n) is 8.27. The Balaban J connectivity index is 1.89. The van der Waals surface area contributed by atoms with Gasteiger partial charge < -0.3 is 4.90 Å². The van der Waals surface area contributed by atoms with Gasteiger partial charge in [0.15, 0.2) is 5.69 Å². The third-order valence-electron chi connectivity index (χ3n) is 4.45. The highest BCUT2D eigenvalue weighted by Crippen LogP contribution is 2.39. The quantitative estimate of drug-likeness (QED) is 0.637. The number of benzene rings is 1. The normalized spacial score (nSPS) is 17.4. The van der Waals surface area contributed by atoms with E-state index < -0.39 is 11.9 Å². The van der Waals surface area contributed by atoms with E-state index in [1.54, 1.807) is 24.3 Å². The number of hydrogen-bond donors (Lipinski definition) is 0. The number of piperidine rings is 1. The lowest BCUT2D eigenvalue weighted by Crippen LogP contribution is -2.38. The SMILES string of the molecule is CC1(C)CCN(c2cnc(Sc3cccc(Cl)c3)c(C(F)(F)F)n2)CC1. The number of rotatable bonds is 3. The number of nitrogens with zero attached hydrogens (tertiary/aromatic N) is 3. The van der Waals surface area contributed by atoms with E-state index in [9.17, 15) is 13.2 Å². The predicted molar refractivity (Wildman–Crippen MR) is 97.8 cm³/mol. The fraction of sp³-hybridized carbons (Fsp3) is 0.444. The van der Waals surface area contributed by atoms with Crippen LogP contribution in [0.4, 0.5) is 19.0 Å². The third kappa shape index (κ3) is 4.62. The van der Waals surface area contributed by atoms with Crippen LogP contribution >= 0.6 is 23.4 Å². The maximum Gasteiger partial charge on any atom is 0.436 e. The summed E-state index contributed by atoms with van der Waals surface area (Å²) in [5, 5.41) is 0.296. The van der Waals surface area contributed by atoms with Gasteiger partial charge in [-0.3, -0.25) is 0 Å². The first kappa shape index (κ1) is 19.3. The summed E-state index contributed by atoms with van der Waals surface area (Å²) in [5.41, 5.74) is -0.746. The maximum atomic E-state index is 13.5. The Morgan fingerprint density at radius 1 is 1.19 bits per heavy atom. The molecule has 1 aliphatic rings. The molecule has 26 heavy (non-hydrogen) atoms. The van der Waals surface area contributed by atoms with Gasteiger partial charge in [0.1, 0.15) is 10.8 Å². The summed E-state index contributed by atoms with van der Waals surface area (Å²) >= 11 is 6.83. The Morgan fingerprint density at radius 2 is 1.88 bits per heavy atom. The molecule has 0 spiro atoms. The molecule has 140 valence electrons. The molecular weight excluding hydrogens is 383 g/mol. The minimum atomic E-state index is -4.57. The van der Waals surface area contributed by atoms with Gasteiger partial charge in [0.25, 0.3) is 0 Å². The molecule has 0 N–H and O–H groups in total. The van der Waals surface area contributed by atoms with E-state index in [1.807, 2.05) is 4.90 Å². The third-order valence-corrected chi connectivity index (χ3v) is 5.66. The lowest BCUT2D eigenvalue weighted by Gasteiger charge is -2.37. The number of aromatic nitrogens is 2. The second-order valence-electron chi connectivity index (χ2n) is 7.09. The van der Waals surface area contributed by atoms with Gasteiger partial charge in [-0.05, 0) is 36.5 Å². The summed E-state index contributed by atoms with van der Waals surface area (Å²) in [6, 6.07) is 6.66. The zero-order chi connectivity index (χ0) is 18.9. The fourth-order valence-corrected chi connectivity index (χ4v) is 3.94. The summed E-state index contributed by atoms with van der Waals surface area (Å²) < 4.78 is 40.6. The monoisotopic (exact) mass is 401 g/mol. The molecule has 0 atom stereocenters. The number of hydrogen-bond acceptors (Lipinski definition) is 4. The second-order valence-corrected chi connectivity index (χ2v) is 8.59. The molecular formula is C18H19ClF3N3S. The molecule has 0 radical (unpaired) electrons. The van der Waals surface area contributed by atoms with Gasteiger partial charge in [0.2, 0.25) is 0 Å². The molecule has 2 aromatic rings. The van der Waals surface area contributed by atoms with Gasteiger partial charge >= 0.3 is 6.18 Å². The van der Waals surface area contributed by atoms with Crippen molar-refractivity contribution in [2.45, 2.75) is 42.8 Å². The summed E-state index contributed by atoms with van der Waals surface area (Å²) in [4.78, 5) is 10.5. The van der Waals surface area contributed by atoms with Crippen molar-refractivity contribution in [2.75, 3.05) is 18.0 Å². The summed E-state index contributed by atoms with van der Waals surface area (Å²) in [6.45, 7) is 5.70. The topological polar surface area (TPSA) is 29.0 Å². The Bertz CT molecular complexity index is 785. The van der Waals surface area contributed by atoms with E-state index in [0.717, 1.165) is 24.6 Å². The molecule has 1 aromatic heterocycles. The average Bonchev–Trinajstić information content (AvgIpc) is 2.54. The Morgan fingerprint density at radius 3 is 2.50 bits per heavy atom. The predicted octanol–water partition coefficient (Wildman–Crippen LogP) is 5.93. The van der Waals surface area contributed by atoms with Crippen LogP contribution in [0.3, 0.4) is 0 Å². The molecule has 0 saturated carbocycles. The summed E-state index contributed by atoms with van der Waals surface area (Å²) in [7, 11) is 0. The standard InChI is InChI=1S/C18H19ClF3N3S/c1-17(2)6-8-25(9-7-17)14-11-23-16(15(24-14)18(20,21)22)26-13-5-3-4-12(19)10-13/h3-5,10-11H,6-9H2,1-2H3. The Labute approximate surface area is 160 Å². The second kappa shape index (κ2) is 7.27.